The molecule has 0 aliphatic carbocycles. The number of benzene rings is 1. The molecule has 106 valence electrons. The first-order valence-corrected chi connectivity index (χ1v) is 7.01. The lowest BCUT2D eigenvalue weighted by molar-refractivity contribution is 0.598. The summed E-state index contributed by atoms with van der Waals surface area (Å²) >= 11 is 0. The van der Waals surface area contributed by atoms with Crippen molar-refractivity contribution < 1.29 is 4.39 Å². The molecule has 0 spiro atoms. The summed E-state index contributed by atoms with van der Waals surface area (Å²) in [6.45, 7) is 4.43. The summed E-state index contributed by atoms with van der Waals surface area (Å²) in [6, 6.07) is 10.2. The highest BCUT2D eigenvalue weighted by atomic mass is 19.1. The highest BCUT2D eigenvalue weighted by molar-refractivity contribution is 5.38. The van der Waals surface area contributed by atoms with Crippen molar-refractivity contribution >= 4 is 5.82 Å². The Bertz CT molecular complexity index is 555. The third-order valence-electron chi connectivity index (χ3n) is 3.09. The Morgan fingerprint density at radius 3 is 2.55 bits per heavy atom. The van der Waals surface area contributed by atoms with Gasteiger partial charge in [-0.15, -0.1) is 0 Å². The van der Waals surface area contributed by atoms with Crippen molar-refractivity contribution in [3.05, 3.63) is 53.2 Å². The molecule has 1 heterocycles. The van der Waals surface area contributed by atoms with Crippen LogP contribution in [0.3, 0.4) is 0 Å². The molecule has 0 amide bonds. The van der Waals surface area contributed by atoms with Crippen LogP contribution in [0.5, 0.6) is 0 Å². The molecule has 3 nitrogen and oxygen atoms in total. The van der Waals surface area contributed by atoms with Crippen LogP contribution in [0, 0.1) is 12.7 Å². The van der Waals surface area contributed by atoms with Crippen molar-refractivity contribution in [2.75, 3.05) is 11.9 Å². The van der Waals surface area contributed by atoms with Gasteiger partial charge in [0.25, 0.3) is 0 Å². The van der Waals surface area contributed by atoms with E-state index in [0.29, 0.717) is 30.3 Å². The van der Waals surface area contributed by atoms with Crippen molar-refractivity contribution in [2.45, 2.75) is 33.1 Å². The normalized spacial score (nSPS) is 10.6. The fourth-order valence-corrected chi connectivity index (χ4v) is 1.99. The van der Waals surface area contributed by atoms with Crippen LogP contribution in [0.1, 0.15) is 30.4 Å². The first kappa shape index (κ1) is 14.4. The summed E-state index contributed by atoms with van der Waals surface area (Å²) in [5, 5.41) is 3.02. The van der Waals surface area contributed by atoms with Gasteiger partial charge in [0.15, 0.2) is 11.6 Å². The van der Waals surface area contributed by atoms with E-state index in [9.17, 15) is 4.39 Å². The number of aryl methyl sites for hydroxylation is 3. The second-order valence-electron chi connectivity index (χ2n) is 4.80. The van der Waals surface area contributed by atoms with Gasteiger partial charge in [-0.2, -0.15) is 0 Å². The Kier molecular flexibility index (Phi) is 5.04. The largest absolute Gasteiger partial charge is 0.368 e. The fraction of sp³-hybridized carbons (Fsp3) is 0.375. The topological polar surface area (TPSA) is 37.8 Å². The molecule has 0 saturated heterocycles. The van der Waals surface area contributed by atoms with Crippen LogP contribution in [0.25, 0.3) is 0 Å². The Hall–Kier alpha value is -1.97. The molecular weight excluding hydrogens is 253 g/mol. The second-order valence-corrected chi connectivity index (χ2v) is 4.80. The summed E-state index contributed by atoms with van der Waals surface area (Å²) in [6.07, 6.45) is 2.51. The van der Waals surface area contributed by atoms with Crippen LogP contribution in [-0.2, 0) is 12.8 Å². The van der Waals surface area contributed by atoms with Gasteiger partial charge in [0.05, 0.1) is 5.69 Å². The van der Waals surface area contributed by atoms with Gasteiger partial charge < -0.3 is 5.32 Å². The summed E-state index contributed by atoms with van der Waals surface area (Å²) < 4.78 is 13.9. The number of hydrogen-bond acceptors (Lipinski definition) is 3. The van der Waals surface area contributed by atoms with Crippen molar-refractivity contribution in [3.63, 3.8) is 0 Å². The monoisotopic (exact) mass is 273 g/mol. The third-order valence-corrected chi connectivity index (χ3v) is 3.09. The molecule has 0 aliphatic rings. The molecule has 20 heavy (non-hydrogen) atoms. The smallest absolute Gasteiger partial charge is 0.186 e. The van der Waals surface area contributed by atoms with Crippen LogP contribution in [0.2, 0.25) is 0 Å². The fourth-order valence-electron chi connectivity index (χ4n) is 1.99. The minimum atomic E-state index is -0.345. The molecule has 2 aromatic rings. The standard InChI is InChI=1S/C16H20FN3/c1-3-11-18-16-15(17)12(2)19-14(20-16)10-9-13-7-5-4-6-8-13/h4-8H,3,9-11H2,1-2H3,(H,18,19,20). The third kappa shape index (κ3) is 3.76. The minimum absolute atomic E-state index is 0.322. The quantitative estimate of drug-likeness (QED) is 0.875. The molecule has 0 atom stereocenters. The number of nitrogens with one attached hydrogen (secondary N) is 1. The number of anilines is 1. The molecule has 4 heteroatoms. The zero-order valence-corrected chi connectivity index (χ0v) is 12.0. The number of halogens is 1. The van der Waals surface area contributed by atoms with E-state index in [1.165, 1.54) is 5.56 Å². The van der Waals surface area contributed by atoms with Crippen LogP contribution in [0.15, 0.2) is 30.3 Å². The SMILES string of the molecule is CCCNc1nc(CCc2ccccc2)nc(C)c1F. The number of hydrogen-bond donors (Lipinski definition) is 1. The van der Waals surface area contributed by atoms with Gasteiger partial charge >= 0.3 is 0 Å². The van der Waals surface area contributed by atoms with Gasteiger partial charge in [0.1, 0.15) is 5.82 Å². The number of aromatic nitrogens is 2. The lowest BCUT2D eigenvalue weighted by Gasteiger charge is -2.09. The predicted octanol–water partition coefficient (Wildman–Crippen LogP) is 3.53. The van der Waals surface area contributed by atoms with Crippen molar-refractivity contribution in [1.29, 1.82) is 0 Å². The van der Waals surface area contributed by atoms with E-state index in [1.54, 1.807) is 6.92 Å². The Morgan fingerprint density at radius 1 is 1.10 bits per heavy atom. The van der Waals surface area contributed by atoms with E-state index >= 15 is 0 Å². The van der Waals surface area contributed by atoms with E-state index < -0.39 is 0 Å². The summed E-state index contributed by atoms with van der Waals surface area (Å²) in [5.41, 5.74) is 1.64. The van der Waals surface area contributed by atoms with E-state index in [2.05, 4.69) is 27.4 Å². The van der Waals surface area contributed by atoms with Gasteiger partial charge in [-0.05, 0) is 25.3 Å². The van der Waals surface area contributed by atoms with Crippen molar-refractivity contribution in [3.8, 4) is 0 Å². The van der Waals surface area contributed by atoms with Crippen LogP contribution >= 0.6 is 0 Å². The zero-order chi connectivity index (χ0) is 14.4. The minimum Gasteiger partial charge on any atom is -0.368 e. The first-order valence-electron chi connectivity index (χ1n) is 7.01. The maximum Gasteiger partial charge on any atom is 0.186 e. The molecule has 0 radical (unpaired) electrons. The summed E-state index contributed by atoms with van der Waals surface area (Å²) in [5.74, 6) is 0.663. The zero-order valence-electron chi connectivity index (χ0n) is 12.0. The second kappa shape index (κ2) is 6.98. The number of rotatable bonds is 6. The van der Waals surface area contributed by atoms with E-state index in [4.69, 9.17) is 0 Å². The van der Waals surface area contributed by atoms with E-state index in [-0.39, 0.29) is 5.82 Å². The van der Waals surface area contributed by atoms with E-state index in [0.717, 1.165) is 12.8 Å². The van der Waals surface area contributed by atoms with Gasteiger partial charge in [0, 0.05) is 13.0 Å². The van der Waals surface area contributed by atoms with Crippen LogP contribution in [0.4, 0.5) is 10.2 Å². The maximum atomic E-state index is 13.9. The highest BCUT2D eigenvalue weighted by Crippen LogP contribution is 2.15. The maximum absolute atomic E-state index is 13.9. The van der Waals surface area contributed by atoms with Gasteiger partial charge in [-0.1, -0.05) is 37.3 Å². The molecule has 0 saturated carbocycles. The Balaban J connectivity index is 2.09. The molecule has 1 N–H and O–H groups in total. The molecule has 0 unspecified atom stereocenters. The van der Waals surface area contributed by atoms with Crippen molar-refractivity contribution in [2.24, 2.45) is 0 Å². The van der Waals surface area contributed by atoms with Gasteiger partial charge in [-0.3, -0.25) is 0 Å². The molecule has 1 aromatic heterocycles. The number of nitrogens with zero attached hydrogens (tertiary/aromatic N) is 2. The van der Waals surface area contributed by atoms with Crippen molar-refractivity contribution in [1.82, 2.24) is 9.97 Å². The average molecular weight is 273 g/mol. The molecular formula is C16H20FN3. The molecule has 1 aromatic carbocycles. The molecule has 0 bridgehead atoms. The van der Waals surface area contributed by atoms with Gasteiger partial charge in [-0.25, -0.2) is 14.4 Å². The molecule has 0 aliphatic heterocycles. The van der Waals surface area contributed by atoms with Gasteiger partial charge in [0.2, 0.25) is 0 Å². The lowest BCUT2D eigenvalue weighted by atomic mass is 10.1. The lowest BCUT2D eigenvalue weighted by Crippen LogP contribution is -2.10. The average Bonchev–Trinajstić information content (AvgIpc) is 2.48. The predicted molar refractivity (Wildman–Crippen MR) is 79.4 cm³/mol. The molecule has 2 rings (SSSR count). The molecule has 0 fully saturated rings. The highest BCUT2D eigenvalue weighted by Gasteiger charge is 2.10. The van der Waals surface area contributed by atoms with Crippen LogP contribution in [-0.4, -0.2) is 16.5 Å². The first-order chi connectivity index (χ1) is 9.70. The van der Waals surface area contributed by atoms with E-state index in [1.807, 2.05) is 25.1 Å². The Morgan fingerprint density at radius 2 is 1.85 bits per heavy atom. The summed E-state index contributed by atoms with van der Waals surface area (Å²) in [7, 11) is 0. The summed E-state index contributed by atoms with van der Waals surface area (Å²) in [4.78, 5) is 8.52. The van der Waals surface area contributed by atoms with Crippen LogP contribution < -0.4 is 5.32 Å². The Labute approximate surface area is 119 Å².